The summed E-state index contributed by atoms with van der Waals surface area (Å²) in [6.07, 6.45) is 6.12. The highest BCUT2D eigenvalue weighted by atomic mass is 16.1. The number of carbonyl (C=O) groups is 1. The Balaban J connectivity index is 2.04. The number of carbonyl (C=O) groups excluding carboxylic acids is 1. The van der Waals surface area contributed by atoms with Crippen molar-refractivity contribution in [3.63, 3.8) is 0 Å². The SMILES string of the molecule is CCC(=O)NC1CCC(Cc2cccc(C)c2)(N(C)C)CC1. The molecule has 1 aromatic rings. The zero-order chi connectivity index (χ0) is 16.2. The molecule has 0 aliphatic heterocycles. The van der Waals surface area contributed by atoms with Gasteiger partial charge in [0, 0.05) is 18.0 Å². The second kappa shape index (κ2) is 7.28. The molecule has 1 saturated carbocycles. The van der Waals surface area contributed by atoms with Crippen LogP contribution < -0.4 is 5.32 Å². The summed E-state index contributed by atoms with van der Waals surface area (Å²) in [5, 5.41) is 3.16. The summed E-state index contributed by atoms with van der Waals surface area (Å²) in [6.45, 7) is 4.07. The average molecular weight is 302 g/mol. The van der Waals surface area contributed by atoms with Gasteiger partial charge in [-0.15, -0.1) is 0 Å². The van der Waals surface area contributed by atoms with Crippen LogP contribution in [0.25, 0.3) is 0 Å². The Hall–Kier alpha value is -1.35. The average Bonchev–Trinajstić information content (AvgIpc) is 2.49. The van der Waals surface area contributed by atoms with Crippen molar-refractivity contribution in [1.29, 1.82) is 0 Å². The van der Waals surface area contributed by atoms with E-state index in [4.69, 9.17) is 0 Å². The highest BCUT2D eigenvalue weighted by Gasteiger charge is 2.37. The number of rotatable bonds is 5. The lowest BCUT2D eigenvalue weighted by molar-refractivity contribution is -0.121. The number of aryl methyl sites for hydroxylation is 1. The van der Waals surface area contributed by atoms with Gasteiger partial charge in [-0.25, -0.2) is 0 Å². The molecule has 0 atom stereocenters. The molecular weight excluding hydrogens is 272 g/mol. The van der Waals surface area contributed by atoms with Gasteiger partial charge in [0.15, 0.2) is 0 Å². The number of hydrogen-bond acceptors (Lipinski definition) is 2. The topological polar surface area (TPSA) is 32.3 Å². The molecule has 0 unspecified atom stereocenters. The van der Waals surface area contributed by atoms with Crippen molar-refractivity contribution < 1.29 is 4.79 Å². The lowest BCUT2D eigenvalue weighted by atomic mass is 9.74. The first-order valence-electron chi connectivity index (χ1n) is 8.47. The summed E-state index contributed by atoms with van der Waals surface area (Å²) in [4.78, 5) is 14.0. The van der Waals surface area contributed by atoms with Gasteiger partial charge >= 0.3 is 0 Å². The quantitative estimate of drug-likeness (QED) is 0.905. The molecule has 0 saturated heterocycles. The number of benzene rings is 1. The third kappa shape index (κ3) is 4.10. The van der Waals surface area contributed by atoms with Gasteiger partial charge < -0.3 is 10.2 Å². The van der Waals surface area contributed by atoms with Crippen molar-refractivity contribution in [2.45, 2.75) is 64.0 Å². The predicted octanol–water partition coefficient (Wildman–Crippen LogP) is 3.31. The summed E-state index contributed by atoms with van der Waals surface area (Å²) in [5.41, 5.74) is 2.97. The second-order valence-corrected chi connectivity index (χ2v) is 6.98. The van der Waals surface area contributed by atoms with Gasteiger partial charge in [-0.1, -0.05) is 36.8 Å². The minimum atomic E-state index is 0.182. The summed E-state index contributed by atoms with van der Waals surface area (Å²) in [7, 11) is 4.39. The first-order chi connectivity index (χ1) is 10.4. The summed E-state index contributed by atoms with van der Waals surface area (Å²) >= 11 is 0. The fourth-order valence-electron chi connectivity index (χ4n) is 3.61. The molecule has 1 aliphatic rings. The fourth-order valence-corrected chi connectivity index (χ4v) is 3.61. The van der Waals surface area contributed by atoms with Crippen LogP contribution in [-0.4, -0.2) is 36.5 Å². The molecule has 3 heteroatoms. The van der Waals surface area contributed by atoms with E-state index in [9.17, 15) is 4.79 Å². The van der Waals surface area contributed by atoms with Gasteiger partial charge in [0.1, 0.15) is 0 Å². The lowest BCUT2D eigenvalue weighted by Crippen LogP contribution is -2.52. The molecule has 2 rings (SSSR count). The van der Waals surface area contributed by atoms with Gasteiger partial charge in [-0.3, -0.25) is 4.79 Å². The molecule has 22 heavy (non-hydrogen) atoms. The Morgan fingerprint density at radius 1 is 1.32 bits per heavy atom. The molecule has 1 fully saturated rings. The molecule has 0 heterocycles. The van der Waals surface area contributed by atoms with E-state index in [0.29, 0.717) is 12.5 Å². The third-order valence-electron chi connectivity index (χ3n) is 5.17. The van der Waals surface area contributed by atoms with Gasteiger partial charge in [0.25, 0.3) is 0 Å². The largest absolute Gasteiger partial charge is 0.353 e. The maximum Gasteiger partial charge on any atom is 0.219 e. The molecule has 3 nitrogen and oxygen atoms in total. The van der Waals surface area contributed by atoms with Crippen molar-refractivity contribution in [1.82, 2.24) is 10.2 Å². The molecular formula is C19H30N2O. The molecule has 122 valence electrons. The molecule has 1 amide bonds. The van der Waals surface area contributed by atoms with Crippen LogP contribution in [0.1, 0.15) is 50.2 Å². The van der Waals surface area contributed by atoms with Crippen molar-refractivity contribution >= 4 is 5.91 Å². The molecule has 0 radical (unpaired) electrons. The maximum atomic E-state index is 11.6. The number of nitrogens with one attached hydrogen (secondary N) is 1. The maximum absolute atomic E-state index is 11.6. The number of hydrogen-bond donors (Lipinski definition) is 1. The molecule has 0 aromatic heterocycles. The Bertz CT molecular complexity index is 502. The van der Waals surface area contributed by atoms with Crippen molar-refractivity contribution in [2.24, 2.45) is 0 Å². The summed E-state index contributed by atoms with van der Waals surface area (Å²) in [6, 6.07) is 9.21. The van der Waals surface area contributed by atoms with E-state index in [2.05, 4.69) is 55.5 Å². The second-order valence-electron chi connectivity index (χ2n) is 6.98. The first kappa shape index (κ1) is 17.0. The highest BCUT2D eigenvalue weighted by Crippen LogP contribution is 2.35. The van der Waals surface area contributed by atoms with E-state index in [1.165, 1.54) is 11.1 Å². The van der Waals surface area contributed by atoms with E-state index < -0.39 is 0 Å². The Labute approximate surface area is 135 Å². The third-order valence-corrected chi connectivity index (χ3v) is 5.17. The van der Waals surface area contributed by atoms with Gasteiger partial charge in [-0.05, 0) is 58.7 Å². The van der Waals surface area contributed by atoms with Crippen LogP contribution in [0.15, 0.2) is 24.3 Å². The van der Waals surface area contributed by atoms with Crippen LogP contribution >= 0.6 is 0 Å². The molecule has 1 aromatic carbocycles. The standard InChI is InChI=1S/C19H30N2O/c1-5-18(22)20-17-9-11-19(12-10-17,21(3)4)14-16-8-6-7-15(2)13-16/h6-8,13,17H,5,9-12,14H2,1-4H3,(H,20,22). The highest BCUT2D eigenvalue weighted by molar-refractivity contribution is 5.75. The smallest absolute Gasteiger partial charge is 0.219 e. The van der Waals surface area contributed by atoms with Gasteiger partial charge in [-0.2, -0.15) is 0 Å². The minimum absolute atomic E-state index is 0.182. The normalized spacial score (nSPS) is 25.2. The van der Waals surface area contributed by atoms with Crippen LogP contribution in [0.4, 0.5) is 0 Å². The number of likely N-dealkylation sites (N-methyl/N-ethyl adjacent to an activating group) is 1. The predicted molar refractivity (Wildman–Crippen MR) is 92.0 cm³/mol. The Morgan fingerprint density at radius 3 is 2.55 bits per heavy atom. The van der Waals surface area contributed by atoms with Crippen LogP contribution in [-0.2, 0) is 11.2 Å². The summed E-state index contributed by atoms with van der Waals surface area (Å²) in [5.74, 6) is 0.182. The van der Waals surface area contributed by atoms with E-state index in [0.717, 1.165) is 32.1 Å². The molecule has 0 bridgehead atoms. The Kier molecular flexibility index (Phi) is 5.63. The zero-order valence-electron chi connectivity index (χ0n) is 14.5. The molecule has 1 aliphatic carbocycles. The molecule has 0 spiro atoms. The van der Waals surface area contributed by atoms with Crippen molar-refractivity contribution in [3.05, 3.63) is 35.4 Å². The van der Waals surface area contributed by atoms with Gasteiger partial charge in [0.05, 0.1) is 0 Å². The van der Waals surface area contributed by atoms with E-state index in [1.807, 2.05) is 6.92 Å². The van der Waals surface area contributed by atoms with Crippen LogP contribution in [0.5, 0.6) is 0 Å². The zero-order valence-corrected chi connectivity index (χ0v) is 14.5. The van der Waals surface area contributed by atoms with E-state index in [-0.39, 0.29) is 11.4 Å². The Morgan fingerprint density at radius 2 is 2.00 bits per heavy atom. The minimum Gasteiger partial charge on any atom is -0.353 e. The summed E-state index contributed by atoms with van der Waals surface area (Å²) < 4.78 is 0. The molecule has 1 N–H and O–H groups in total. The van der Waals surface area contributed by atoms with Crippen LogP contribution in [0.3, 0.4) is 0 Å². The van der Waals surface area contributed by atoms with E-state index >= 15 is 0 Å². The lowest BCUT2D eigenvalue weighted by Gasteiger charge is -2.45. The number of amides is 1. The fraction of sp³-hybridized carbons (Fsp3) is 0.632. The van der Waals surface area contributed by atoms with Crippen LogP contribution in [0, 0.1) is 6.92 Å². The monoisotopic (exact) mass is 302 g/mol. The van der Waals surface area contributed by atoms with E-state index in [1.54, 1.807) is 0 Å². The number of nitrogens with zero attached hydrogens (tertiary/aromatic N) is 1. The van der Waals surface area contributed by atoms with Crippen LogP contribution in [0.2, 0.25) is 0 Å². The van der Waals surface area contributed by atoms with Crippen molar-refractivity contribution in [3.8, 4) is 0 Å². The van der Waals surface area contributed by atoms with Crippen molar-refractivity contribution in [2.75, 3.05) is 14.1 Å². The van der Waals surface area contributed by atoms with Gasteiger partial charge in [0.2, 0.25) is 5.91 Å². The first-order valence-corrected chi connectivity index (χ1v) is 8.47.